The molecular weight excluding hydrogens is 254 g/mol. The van der Waals surface area contributed by atoms with Crippen LogP contribution in [0.15, 0.2) is 16.7 Å². The topological polar surface area (TPSA) is 60.2 Å². The maximum Gasteiger partial charge on any atom is 0.244 e. The van der Waals surface area contributed by atoms with Gasteiger partial charge in [-0.2, -0.15) is 4.98 Å². The summed E-state index contributed by atoms with van der Waals surface area (Å²) in [7, 11) is 1.66. The third-order valence-corrected chi connectivity index (χ3v) is 3.86. The van der Waals surface area contributed by atoms with Gasteiger partial charge in [-0.15, -0.1) is 0 Å². The van der Waals surface area contributed by atoms with Crippen LogP contribution in [0.1, 0.15) is 35.9 Å². The highest BCUT2D eigenvalue weighted by Gasteiger charge is 2.23. The number of hydrogen-bond donors (Lipinski definition) is 1. The number of rotatable bonds is 3. The summed E-state index contributed by atoms with van der Waals surface area (Å²) in [5, 5.41) is 7.46. The van der Waals surface area contributed by atoms with Gasteiger partial charge in [0.1, 0.15) is 5.75 Å². The van der Waals surface area contributed by atoms with Gasteiger partial charge in [-0.25, -0.2) is 0 Å². The Balaban J connectivity index is 1.98. The minimum atomic E-state index is 0.189. The van der Waals surface area contributed by atoms with E-state index in [4.69, 9.17) is 9.26 Å². The summed E-state index contributed by atoms with van der Waals surface area (Å²) in [4.78, 5) is 4.52. The van der Waals surface area contributed by atoms with E-state index in [1.807, 2.05) is 12.1 Å². The Morgan fingerprint density at radius 1 is 1.30 bits per heavy atom. The standard InChI is InChI=1S/C15H19N3O2/c1-9-7-11(13(19-3)8-10(9)2)14-17-15(20-18-14)12-5-4-6-16-12/h7-8,12,16H,4-6H2,1-3H3. The van der Waals surface area contributed by atoms with Gasteiger partial charge >= 0.3 is 0 Å². The molecule has 1 aliphatic rings. The maximum absolute atomic E-state index is 5.43. The van der Waals surface area contributed by atoms with E-state index in [1.54, 1.807) is 7.11 Å². The highest BCUT2D eigenvalue weighted by atomic mass is 16.5. The van der Waals surface area contributed by atoms with Crippen LogP contribution in [0.2, 0.25) is 0 Å². The van der Waals surface area contributed by atoms with Crippen molar-refractivity contribution in [2.75, 3.05) is 13.7 Å². The molecule has 1 N–H and O–H groups in total. The smallest absolute Gasteiger partial charge is 0.244 e. The zero-order valence-corrected chi connectivity index (χ0v) is 12.1. The van der Waals surface area contributed by atoms with E-state index in [2.05, 4.69) is 29.3 Å². The fraction of sp³-hybridized carbons (Fsp3) is 0.467. The Labute approximate surface area is 118 Å². The van der Waals surface area contributed by atoms with Crippen molar-refractivity contribution in [2.24, 2.45) is 0 Å². The zero-order chi connectivity index (χ0) is 14.1. The summed E-state index contributed by atoms with van der Waals surface area (Å²) in [6, 6.07) is 4.24. The molecule has 1 aliphatic heterocycles. The van der Waals surface area contributed by atoms with Crippen molar-refractivity contribution >= 4 is 0 Å². The molecule has 1 aromatic heterocycles. The number of benzene rings is 1. The van der Waals surface area contributed by atoms with Gasteiger partial charge in [-0.1, -0.05) is 5.16 Å². The monoisotopic (exact) mass is 273 g/mol. The van der Waals surface area contributed by atoms with Gasteiger partial charge in [0.25, 0.3) is 0 Å². The van der Waals surface area contributed by atoms with Crippen molar-refractivity contribution in [3.05, 3.63) is 29.2 Å². The first-order valence-electron chi connectivity index (χ1n) is 6.91. The molecule has 1 fully saturated rings. The van der Waals surface area contributed by atoms with E-state index in [9.17, 15) is 0 Å². The second kappa shape index (κ2) is 5.25. The van der Waals surface area contributed by atoms with Gasteiger partial charge in [0, 0.05) is 0 Å². The number of nitrogens with zero attached hydrogens (tertiary/aromatic N) is 2. The van der Waals surface area contributed by atoms with E-state index in [0.717, 1.165) is 30.7 Å². The Morgan fingerprint density at radius 3 is 2.80 bits per heavy atom. The molecule has 2 heterocycles. The normalized spacial score (nSPS) is 18.4. The van der Waals surface area contributed by atoms with E-state index >= 15 is 0 Å². The molecule has 0 spiro atoms. The first kappa shape index (κ1) is 13.1. The lowest BCUT2D eigenvalue weighted by Crippen LogP contribution is -2.12. The molecule has 0 aliphatic carbocycles. The molecule has 1 unspecified atom stereocenters. The summed E-state index contributed by atoms with van der Waals surface area (Å²) < 4.78 is 10.8. The lowest BCUT2D eigenvalue weighted by Gasteiger charge is -2.08. The van der Waals surface area contributed by atoms with Crippen LogP contribution >= 0.6 is 0 Å². The second-order valence-corrected chi connectivity index (χ2v) is 5.24. The van der Waals surface area contributed by atoms with Gasteiger partial charge in [-0.05, 0) is 56.5 Å². The van der Waals surface area contributed by atoms with Crippen molar-refractivity contribution in [3.8, 4) is 17.1 Å². The molecule has 1 atom stereocenters. The molecule has 5 nitrogen and oxygen atoms in total. The van der Waals surface area contributed by atoms with Crippen LogP contribution in [-0.2, 0) is 0 Å². The van der Waals surface area contributed by atoms with Crippen LogP contribution in [0, 0.1) is 13.8 Å². The lowest BCUT2D eigenvalue weighted by atomic mass is 10.0. The van der Waals surface area contributed by atoms with Gasteiger partial charge in [0.15, 0.2) is 0 Å². The Bertz CT molecular complexity index is 616. The van der Waals surface area contributed by atoms with Gasteiger partial charge in [0.05, 0.1) is 18.7 Å². The highest BCUT2D eigenvalue weighted by Crippen LogP contribution is 2.32. The molecule has 5 heteroatoms. The Morgan fingerprint density at radius 2 is 2.10 bits per heavy atom. The van der Waals surface area contributed by atoms with Crippen molar-refractivity contribution in [2.45, 2.75) is 32.7 Å². The summed E-state index contributed by atoms with van der Waals surface area (Å²) in [5.41, 5.74) is 3.25. The minimum Gasteiger partial charge on any atom is -0.496 e. The van der Waals surface area contributed by atoms with Crippen molar-refractivity contribution < 1.29 is 9.26 Å². The van der Waals surface area contributed by atoms with Gasteiger partial charge < -0.3 is 14.6 Å². The molecule has 1 saturated heterocycles. The second-order valence-electron chi connectivity index (χ2n) is 5.24. The Kier molecular flexibility index (Phi) is 3.44. The number of nitrogens with one attached hydrogen (secondary N) is 1. The first-order chi connectivity index (χ1) is 9.69. The van der Waals surface area contributed by atoms with Crippen LogP contribution in [0.4, 0.5) is 0 Å². The van der Waals surface area contributed by atoms with E-state index in [0.29, 0.717) is 11.7 Å². The summed E-state index contributed by atoms with van der Waals surface area (Å²) in [5.74, 6) is 2.03. The SMILES string of the molecule is COc1cc(C)c(C)cc1-c1noc(C2CCCN2)n1. The van der Waals surface area contributed by atoms with Crippen molar-refractivity contribution in [3.63, 3.8) is 0 Å². The van der Waals surface area contributed by atoms with Crippen LogP contribution in [-0.4, -0.2) is 23.8 Å². The summed E-state index contributed by atoms with van der Waals surface area (Å²) >= 11 is 0. The van der Waals surface area contributed by atoms with Crippen LogP contribution in [0.3, 0.4) is 0 Å². The molecule has 0 radical (unpaired) electrons. The van der Waals surface area contributed by atoms with E-state index < -0.39 is 0 Å². The molecule has 20 heavy (non-hydrogen) atoms. The predicted molar refractivity (Wildman–Crippen MR) is 75.7 cm³/mol. The lowest BCUT2D eigenvalue weighted by molar-refractivity contribution is 0.344. The van der Waals surface area contributed by atoms with Crippen LogP contribution in [0.25, 0.3) is 11.4 Å². The molecule has 0 amide bonds. The molecule has 3 rings (SSSR count). The van der Waals surface area contributed by atoms with E-state index in [-0.39, 0.29) is 6.04 Å². The van der Waals surface area contributed by atoms with Crippen molar-refractivity contribution in [1.82, 2.24) is 15.5 Å². The highest BCUT2D eigenvalue weighted by molar-refractivity contribution is 5.66. The first-order valence-corrected chi connectivity index (χ1v) is 6.91. The fourth-order valence-corrected chi connectivity index (χ4v) is 2.51. The minimum absolute atomic E-state index is 0.189. The third kappa shape index (κ3) is 2.29. The van der Waals surface area contributed by atoms with Crippen LogP contribution in [0.5, 0.6) is 5.75 Å². The molecule has 0 saturated carbocycles. The summed E-state index contributed by atoms with van der Waals surface area (Å²) in [6.07, 6.45) is 2.20. The third-order valence-electron chi connectivity index (χ3n) is 3.86. The van der Waals surface area contributed by atoms with Crippen molar-refractivity contribution in [1.29, 1.82) is 0 Å². The quantitative estimate of drug-likeness (QED) is 0.931. The largest absolute Gasteiger partial charge is 0.496 e. The van der Waals surface area contributed by atoms with Crippen LogP contribution < -0.4 is 10.1 Å². The zero-order valence-electron chi connectivity index (χ0n) is 12.1. The molecule has 0 bridgehead atoms. The maximum atomic E-state index is 5.43. The number of aryl methyl sites for hydroxylation is 2. The number of methoxy groups -OCH3 is 1. The Hall–Kier alpha value is -1.88. The molecule has 1 aromatic carbocycles. The molecule has 106 valence electrons. The molecular formula is C15H19N3O2. The van der Waals surface area contributed by atoms with Gasteiger partial charge in [-0.3, -0.25) is 0 Å². The van der Waals surface area contributed by atoms with Gasteiger partial charge in [0.2, 0.25) is 11.7 Å². The predicted octanol–water partition coefficient (Wildman–Crippen LogP) is 2.79. The summed E-state index contributed by atoms with van der Waals surface area (Å²) in [6.45, 7) is 5.14. The average Bonchev–Trinajstić information content (AvgIpc) is 3.10. The molecule has 2 aromatic rings. The fourth-order valence-electron chi connectivity index (χ4n) is 2.51. The number of hydrogen-bond acceptors (Lipinski definition) is 5. The number of ether oxygens (including phenoxy) is 1. The number of aromatic nitrogens is 2. The average molecular weight is 273 g/mol. The van der Waals surface area contributed by atoms with E-state index in [1.165, 1.54) is 11.1 Å².